The Labute approximate surface area is 105 Å². The van der Waals surface area contributed by atoms with Gasteiger partial charge in [-0.25, -0.2) is 12.7 Å². The maximum Gasteiger partial charge on any atom is 0.216 e. The number of hydrogen-bond acceptors (Lipinski definition) is 4. The van der Waals surface area contributed by atoms with Crippen LogP contribution in [0.1, 0.15) is 19.8 Å². The molecule has 0 aromatic heterocycles. The van der Waals surface area contributed by atoms with Crippen molar-refractivity contribution >= 4 is 10.0 Å². The van der Waals surface area contributed by atoms with Crippen molar-refractivity contribution < 1.29 is 13.2 Å². The Morgan fingerprint density at radius 1 is 1.35 bits per heavy atom. The van der Waals surface area contributed by atoms with E-state index in [2.05, 4.69) is 5.32 Å². The van der Waals surface area contributed by atoms with Gasteiger partial charge in [0.2, 0.25) is 10.0 Å². The fourth-order valence-electron chi connectivity index (χ4n) is 2.12. The number of rotatable bonds is 7. The number of nitrogens with zero attached hydrogens (tertiary/aromatic N) is 1. The second-order valence-corrected chi connectivity index (χ2v) is 6.50. The minimum absolute atomic E-state index is 0.109. The molecule has 1 N–H and O–H groups in total. The smallest absolute Gasteiger partial charge is 0.216 e. The average molecular weight is 264 g/mol. The average Bonchev–Trinajstić information content (AvgIpc) is 2.30. The molecular weight excluding hydrogens is 240 g/mol. The van der Waals surface area contributed by atoms with Gasteiger partial charge in [0, 0.05) is 19.7 Å². The van der Waals surface area contributed by atoms with Gasteiger partial charge in [-0.15, -0.1) is 0 Å². The molecular formula is C11H24N2O3S. The fraction of sp³-hybridized carbons (Fsp3) is 1.00. The van der Waals surface area contributed by atoms with Crippen LogP contribution in [0.2, 0.25) is 0 Å². The first kappa shape index (κ1) is 14.9. The van der Waals surface area contributed by atoms with Crippen molar-refractivity contribution in [3.8, 4) is 0 Å². The number of piperidine rings is 1. The van der Waals surface area contributed by atoms with E-state index < -0.39 is 10.0 Å². The van der Waals surface area contributed by atoms with Crippen LogP contribution in [0.25, 0.3) is 0 Å². The van der Waals surface area contributed by atoms with Crippen molar-refractivity contribution in [3.63, 3.8) is 0 Å². The summed E-state index contributed by atoms with van der Waals surface area (Å²) in [6.07, 6.45) is 1.91. The van der Waals surface area contributed by atoms with E-state index >= 15 is 0 Å². The zero-order chi connectivity index (χ0) is 12.7. The molecule has 17 heavy (non-hydrogen) atoms. The molecule has 5 nitrogen and oxygen atoms in total. The van der Waals surface area contributed by atoms with Gasteiger partial charge < -0.3 is 10.1 Å². The second kappa shape index (κ2) is 7.31. The first-order valence-corrected chi connectivity index (χ1v) is 7.91. The van der Waals surface area contributed by atoms with Crippen LogP contribution in [0.3, 0.4) is 0 Å². The highest BCUT2D eigenvalue weighted by Gasteiger charge is 2.27. The van der Waals surface area contributed by atoms with Crippen LogP contribution in [-0.4, -0.2) is 58.4 Å². The summed E-state index contributed by atoms with van der Waals surface area (Å²) in [6.45, 7) is 5.03. The molecule has 0 unspecified atom stereocenters. The highest BCUT2D eigenvalue weighted by Crippen LogP contribution is 2.19. The van der Waals surface area contributed by atoms with Crippen LogP contribution in [0.15, 0.2) is 0 Å². The summed E-state index contributed by atoms with van der Waals surface area (Å²) in [5.74, 6) is 0.718. The highest BCUT2D eigenvalue weighted by molar-refractivity contribution is 7.89. The lowest BCUT2D eigenvalue weighted by atomic mass is 9.98. The number of sulfonamides is 1. The van der Waals surface area contributed by atoms with Gasteiger partial charge in [0.05, 0.1) is 12.4 Å². The van der Waals surface area contributed by atoms with Crippen LogP contribution in [0, 0.1) is 5.92 Å². The summed E-state index contributed by atoms with van der Waals surface area (Å²) in [6, 6.07) is 0. The molecule has 0 bridgehead atoms. The number of nitrogens with one attached hydrogen (secondary N) is 1. The van der Waals surface area contributed by atoms with Crippen molar-refractivity contribution in [1.29, 1.82) is 0 Å². The molecule has 1 aliphatic rings. The molecule has 102 valence electrons. The van der Waals surface area contributed by atoms with E-state index in [0.717, 1.165) is 19.4 Å². The summed E-state index contributed by atoms with van der Waals surface area (Å²) in [4.78, 5) is 0. The molecule has 0 aromatic carbocycles. The van der Waals surface area contributed by atoms with E-state index in [1.807, 2.05) is 14.0 Å². The largest absolute Gasteiger partial charge is 0.381 e. The van der Waals surface area contributed by atoms with Gasteiger partial charge in [-0.1, -0.05) is 0 Å². The van der Waals surface area contributed by atoms with Crippen LogP contribution < -0.4 is 5.32 Å². The molecule has 1 saturated heterocycles. The van der Waals surface area contributed by atoms with E-state index in [1.165, 1.54) is 0 Å². The third-order valence-electron chi connectivity index (χ3n) is 3.15. The molecule has 0 amide bonds. The van der Waals surface area contributed by atoms with Gasteiger partial charge in [0.1, 0.15) is 0 Å². The second-order valence-electron chi connectivity index (χ2n) is 4.41. The summed E-state index contributed by atoms with van der Waals surface area (Å²) in [7, 11) is -1.17. The Hall–Kier alpha value is -0.170. The zero-order valence-electron chi connectivity index (χ0n) is 10.8. The summed E-state index contributed by atoms with van der Waals surface area (Å²) < 4.78 is 30.6. The van der Waals surface area contributed by atoms with Gasteiger partial charge in [-0.2, -0.15) is 0 Å². The highest BCUT2D eigenvalue weighted by atomic mass is 32.2. The number of hydrogen-bond donors (Lipinski definition) is 1. The Kier molecular flexibility index (Phi) is 6.40. The van der Waals surface area contributed by atoms with Crippen molar-refractivity contribution in [2.24, 2.45) is 5.92 Å². The van der Waals surface area contributed by atoms with E-state index in [-0.39, 0.29) is 5.75 Å². The van der Waals surface area contributed by atoms with Crippen molar-refractivity contribution in [1.82, 2.24) is 9.62 Å². The van der Waals surface area contributed by atoms with E-state index in [4.69, 9.17) is 4.74 Å². The Morgan fingerprint density at radius 2 is 2.00 bits per heavy atom. The minimum Gasteiger partial charge on any atom is -0.381 e. The molecule has 1 heterocycles. The van der Waals surface area contributed by atoms with Crippen molar-refractivity contribution in [2.45, 2.75) is 19.8 Å². The first-order chi connectivity index (χ1) is 8.10. The van der Waals surface area contributed by atoms with E-state index in [0.29, 0.717) is 32.2 Å². The monoisotopic (exact) mass is 264 g/mol. The molecule has 0 radical (unpaired) electrons. The minimum atomic E-state index is -3.11. The van der Waals surface area contributed by atoms with Crippen LogP contribution in [0.5, 0.6) is 0 Å². The third-order valence-corrected chi connectivity index (χ3v) is 4.98. The predicted molar refractivity (Wildman–Crippen MR) is 68.5 cm³/mol. The Balaban J connectivity index is 2.36. The summed E-state index contributed by atoms with van der Waals surface area (Å²) in [5.41, 5.74) is 0. The fourth-order valence-corrected chi connectivity index (χ4v) is 3.47. The predicted octanol–water partition coefficient (Wildman–Crippen LogP) is 0.284. The maximum atomic E-state index is 12.0. The number of ether oxygens (including phenoxy) is 1. The van der Waals surface area contributed by atoms with E-state index in [1.54, 1.807) is 4.31 Å². The van der Waals surface area contributed by atoms with Crippen LogP contribution >= 0.6 is 0 Å². The standard InChI is InChI=1S/C11H24N2O3S/c1-3-16-8-9-17(14,15)13-6-4-11(5-7-13)10-12-2/h11-12H,3-10H2,1-2H3. The lowest BCUT2D eigenvalue weighted by Crippen LogP contribution is -2.42. The van der Waals surface area contributed by atoms with Gasteiger partial charge in [0.15, 0.2) is 0 Å². The van der Waals surface area contributed by atoms with E-state index in [9.17, 15) is 8.42 Å². The van der Waals surface area contributed by atoms with Crippen LogP contribution in [0.4, 0.5) is 0 Å². The van der Waals surface area contributed by atoms with Gasteiger partial charge >= 0.3 is 0 Å². The maximum absolute atomic E-state index is 12.0. The summed E-state index contributed by atoms with van der Waals surface area (Å²) in [5, 5.41) is 3.14. The van der Waals surface area contributed by atoms with Gasteiger partial charge in [0.25, 0.3) is 0 Å². The van der Waals surface area contributed by atoms with Crippen LogP contribution in [-0.2, 0) is 14.8 Å². The molecule has 0 aromatic rings. The SMILES string of the molecule is CCOCCS(=O)(=O)N1CCC(CNC)CC1. The summed E-state index contributed by atoms with van der Waals surface area (Å²) >= 11 is 0. The molecule has 6 heteroatoms. The third kappa shape index (κ3) is 4.91. The lowest BCUT2D eigenvalue weighted by Gasteiger charge is -2.31. The molecule has 0 spiro atoms. The lowest BCUT2D eigenvalue weighted by molar-refractivity contribution is 0.161. The first-order valence-electron chi connectivity index (χ1n) is 6.30. The van der Waals surface area contributed by atoms with Gasteiger partial charge in [-0.3, -0.25) is 0 Å². The quantitative estimate of drug-likeness (QED) is 0.671. The van der Waals surface area contributed by atoms with Gasteiger partial charge in [-0.05, 0) is 39.3 Å². The molecule has 0 saturated carbocycles. The van der Waals surface area contributed by atoms with Crippen molar-refractivity contribution in [3.05, 3.63) is 0 Å². The van der Waals surface area contributed by atoms with Crippen molar-refractivity contribution in [2.75, 3.05) is 45.6 Å². The normalized spacial score (nSPS) is 19.6. The molecule has 1 rings (SSSR count). The molecule has 1 fully saturated rings. The Bertz CT molecular complexity index is 298. The molecule has 0 atom stereocenters. The molecule has 0 aliphatic carbocycles. The molecule has 1 aliphatic heterocycles. The zero-order valence-corrected chi connectivity index (χ0v) is 11.6. The topological polar surface area (TPSA) is 58.6 Å². The Morgan fingerprint density at radius 3 is 2.53 bits per heavy atom.